The second-order valence-corrected chi connectivity index (χ2v) is 13.5. The second-order valence-electron chi connectivity index (χ2n) is 11.3. The highest BCUT2D eigenvalue weighted by atomic mass is 32.2. The molecule has 2 aliphatic carbocycles. The van der Waals surface area contributed by atoms with Gasteiger partial charge in [0.1, 0.15) is 5.75 Å². The van der Waals surface area contributed by atoms with Crippen LogP contribution in [-0.4, -0.2) is 42.3 Å². The number of amides is 1. The average molecular weight is 553 g/mol. The number of rotatable bonds is 9. The maximum Gasteiger partial charge on any atom is 0.311 e. The molecule has 208 valence electrons. The van der Waals surface area contributed by atoms with Crippen molar-refractivity contribution in [2.24, 2.45) is 5.41 Å². The van der Waals surface area contributed by atoms with E-state index in [9.17, 15) is 23.1 Å². The van der Waals surface area contributed by atoms with Crippen molar-refractivity contribution in [1.82, 2.24) is 9.29 Å². The highest BCUT2D eigenvalue weighted by Crippen LogP contribution is 2.51. The molecule has 3 aromatic rings. The minimum Gasteiger partial charge on any atom is -0.497 e. The molecule has 1 heterocycles. The lowest BCUT2D eigenvalue weighted by molar-refractivity contribution is -0.143. The Morgan fingerprint density at radius 3 is 2.31 bits per heavy atom. The average Bonchev–Trinajstić information content (AvgIpc) is 3.65. The van der Waals surface area contributed by atoms with Crippen molar-refractivity contribution in [2.45, 2.75) is 76.5 Å². The topological polar surface area (TPSA) is 115 Å². The molecule has 2 aliphatic rings. The van der Waals surface area contributed by atoms with Crippen LogP contribution in [0.15, 0.2) is 42.5 Å². The number of carboxylic acid groups (broad SMARTS) is 1. The Hall–Kier alpha value is -3.33. The predicted octanol–water partition coefficient (Wildman–Crippen LogP) is 5.70. The summed E-state index contributed by atoms with van der Waals surface area (Å²) in [6, 6.07) is 13.1. The Labute approximate surface area is 229 Å². The van der Waals surface area contributed by atoms with Gasteiger partial charge in [0.25, 0.3) is 5.91 Å². The number of sulfonamides is 1. The van der Waals surface area contributed by atoms with E-state index in [0.29, 0.717) is 18.8 Å². The van der Waals surface area contributed by atoms with Crippen molar-refractivity contribution >= 4 is 32.8 Å². The number of hydrogen-bond donors (Lipinski definition) is 2. The summed E-state index contributed by atoms with van der Waals surface area (Å²) < 4.78 is 34.4. The number of nitrogens with zero attached hydrogens (tertiary/aromatic N) is 1. The molecule has 0 atom stereocenters. The first-order valence-corrected chi connectivity index (χ1v) is 15.2. The van der Waals surface area contributed by atoms with Crippen LogP contribution in [0.2, 0.25) is 0 Å². The Morgan fingerprint density at radius 1 is 1.08 bits per heavy atom. The van der Waals surface area contributed by atoms with Crippen LogP contribution >= 0.6 is 0 Å². The van der Waals surface area contributed by atoms with Crippen LogP contribution in [0, 0.1) is 5.41 Å². The lowest BCUT2D eigenvalue weighted by Crippen LogP contribution is -2.35. The fourth-order valence-corrected chi connectivity index (χ4v) is 6.36. The molecule has 2 fully saturated rings. The van der Waals surface area contributed by atoms with E-state index in [1.165, 1.54) is 25.8 Å². The van der Waals surface area contributed by atoms with E-state index in [0.717, 1.165) is 53.6 Å². The van der Waals surface area contributed by atoms with Crippen LogP contribution in [-0.2, 0) is 21.4 Å². The summed E-state index contributed by atoms with van der Waals surface area (Å²) in [4.78, 5) is 25.4. The van der Waals surface area contributed by atoms with Gasteiger partial charge in [-0.2, -0.15) is 0 Å². The quantitative estimate of drug-likeness (QED) is 0.352. The first-order chi connectivity index (χ1) is 18.6. The minimum absolute atomic E-state index is 0.224. The maximum absolute atomic E-state index is 13.1. The zero-order valence-electron chi connectivity index (χ0n) is 22.7. The third-order valence-corrected chi connectivity index (χ3v) is 10.1. The molecule has 2 saturated carbocycles. The zero-order chi connectivity index (χ0) is 27.9. The molecule has 2 aromatic carbocycles. The number of benzene rings is 2. The lowest BCUT2D eigenvalue weighted by Gasteiger charge is -2.24. The molecule has 1 aromatic heterocycles. The van der Waals surface area contributed by atoms with Gasteiger partial charge in [0.15, 0.2) is 0 Å². The van der Waals surface area contributed by atoms with Crippen LogP contribution in [0.25, 0.3) is 22.2 Å². The molecule has 0 bridgehead atoms. The Kier molecular flexibility index (Phi) is 7.22. The number of hydrogen-bond acceptors (Lipinski definition) is 5. The smallest absolute Gasteiger partial charge is 0.311 e. The standard InChI is InChI=1S/C30H36N2O6S/c1-19(2)39(36,37)31-28(33)22-11-14-24-25(17-22)32(18-30(15-16-30)29(34)35)27(21-9-12-23(38-3)13-10-21)26(24)20-7-5-4-6-8-20/h9-14,17,19-20H,4-8,15-16,18H2,1-3H3,(H,31,33)(H,34,35). The molecule has 39 heavy (non-hydrogen) atoms. The van der Waals surface area contributed by atoms with Gasteiger partial charge in [0.05, 0.1) is 23.5 Å². The molecule has 0 radical (unpaired) electrons. The molecule has 5 rings (SSSR count). The van der Waals surface area contributed by atoms with Crippen molar-refractivity contribution in [3.8, 4) is 17.0 Å². The number of methoxy groups -OCH3 is 1. The van der Waals surface area contributed by atoms with Crippen molar-refractivity contribution in [2.75, 3.05) is 7.11 Å². The van der Waals surface area contributed by atoms with E-state index in [2.05, 4.69) is 9.29 Å². The van der Waals surface area contributed by atoms with E-state index in [1.54, 1.807) is 19.2 Å². The van der Waals surface area contributed by atoms with Crippen molar-refractivity contribution in [3.05, 3.63) is 53.6 Å². The number of ether oxygens (including phenoxy) is 1. The van der Waals surface area contributed by atoms with Gasteiger partial charge in [-0.15, -0.1) is 0 Å². The summed E-state index contributed by atoms with van der Waals surface area (Å²) >= 11 is 0. The van der Waals surface area contributed by atoms with Gasteiger partial charge >= 0.3 is 5.97 Å². The fourth-order valence-electron chi connectivity index (χ4n) is 5.75. The highest BCUT2D eigenvalue weighted by molar-refractivity contribution is 7.90. The Morgan fingerprint density at radius 2 is 1.74 bits per heavy atom. The number of carbonyl (C=O) groups excluding carboxylic acids is 1. The molecule has 0 aliphatic heterocycles. The molecule has 0 spiro atoms. The number of carbonyl (C=O) groups is 2. The largest absolute Gasteiger partial charge is 0.497 e. The number of aromatic nitrogens is 1. The summed E-state index contributed by atoms with van der Waals surface area (Å²) in [5.41, 5.74) is 3.24. The van der Waals surface area contributed by atoms with Crippen LogP contribution in [0.1, 0.15) is 80.6 Å². The third kappa shape index (κ3) is 5.16. The van der Waals surface area contributed by atoms with Crippen molar-refractivity contribution in [1.29, 1.82) is 0 Å². The molecule has 1 amide bonds. The second kappa shape index (κ2) is 10.3. The molecular formula is C30H36N2O6S. The van der Waals surface area contributed by atoms with Gasteiger partial charge in [-0.05, 0) is 93.0 Å². The molecular weight excluding hydrogens is 516 g/mol. The SMILES string of the molecule is COc1ccc(-c2c(C3CCCCC3)c3ccc(C(=O)NS(=O)(=O)C(C)C)cc3n2CC2(C(=O)O)CC2)cc1. The van der Waals surface area contributed by atoms with E-state index < -0.39 is 32.6 Å². The van der Waals surface area contributed by atoms with Crippen molar-refractivity contribution in [3.63, 3.8) is 0 Å². The van der Waals surface area contributed by atoms with E-state index in [1.807, 2.05) is 30.3 Å². The summed E-state index contributed by atoms with van der Waals surface area (Å²) in [5, 5.41) is 10.3. The molecule has 2 N–H and O–H groups in total. The van der Waals surface area contributed by atoms with Gasteiger partial charge in [-0.3, -0.25) is 9.59 Å². The van der Waals surface area contributed by atoms with Gasteiger partial charge in [-0.25, -0.2) is 13.1 Å². The van der Waals surface area contributed by atoms with E-state index in [4.69, 9.17) is 4.74 Å². The summed E-state index contributed by atoms with van der Waals surface area (Å²) in [6.45, 7) is 3.31. The number of carboxylic acids is 1. The molecule has 0 saturated heterocycles. The summed E-state index contributed by atoms with van der Waals surface area (Å²) in [5.74, 6) is -0.472. The summed E-state index contributed by atoms with van der Waals surface area (Å²) in [7, 11) is -2.18. The summed E-state index contributed by atoms with van der Waals surface area (Å²) in [6.07, 6.45) is 6.73. The lowest BCUT2D eigenvalue weighted by atomic mass is 9.81. The van der Waals surface area contributed by atoms with Crippen molar-refractivity contribution < 1.29 is 27.9 Å². The maximum atomic E-state index is 13.1. The first kappa shape index (κ1) is 27.2. The monoisotopic (exact) mass is 552 g/mol. The fraction of sp³-hybridized carbons (Fsp3) is 0.467. The first-order valence-electron chi connectivity index (χ1n) is 13.7. The number of aliphatic carboxylic acids is 1. The minimum atomic E-state index is -3.80. The van der Waals surface area contributed by atoms with Crippen LogP contribution in [0.4, 0.5) is 0 Å². The van der Waals surface area contributed by atoms with Gasteiger partial charge in [-0.1, -0.05) is 25.3 Å². The highest BCUT2D eigenvalue weighted by Gasteiger charge is 2.51. The van der Waals surface area contributed by atoms with Crippen LogP contribution in [0.3, 0.4) is 0 Å². The third-order valence-electron chi connectivity index (χ3n) is 8.37. The van der Waals surface area contributed by atoms with E-state index >= 15 is 0 Å². The number of fused-ring (bicyclic) bond motifs is 1. The zero-order valence-corrected chi connectivity index (χ0v) is 23.5. The van der Waals surface area contributed by atoms with Gasteiger partial charge in [0, 0.05) is 23.0 Å². The van der Waals surface area contributed by atoms with Gasteiger partial charge in [0.2, 0.25) is 10.0 Å². The van der Waals surface area contributed by atoms with Crippen LogP contribution in [0.5, 0.6) is 5.75 Å². The number of nitrogens with one attached hydrogen (secondary N) is 1. The molecule has 0 unspecified atom stereocenters. The Bertz CT molecular complexity index is 1510. The van der Waals surface area contributed by atoms with Gasteiger partial charge < -0.3 is 14.4 Å². The predicted molar refractivity (Wildman–Crippen MR) is 151 cm³/mol. The van der Waals surface area contributed by atoms with E-state index in [-0.39, 0.29) is 12.1 Å². The normalized spacial score (nSPS) is 17.3. The molecule has 9 heteroatoms. The van der Waals surface area contributed by atoms with Crippen LogP contribution < -0.4 is 9.46 Å². The molecule has 8 nitrogen and oxygen atoms in total. The Balaban J connectivity index is 1.73.